The molecule has 0 fully saturated rings. The van der Waals surface area contributed by atoms with Crippen molar-refractivity contribution in [3.63, 3.8) is 0 Å². The first kappa shape index (κ1) is 26.6. The highest BCUT2D eigenvalue weighted by molar-refractivity contribution is 6.31. The maximum Gasteiger partial charge on any atom is 0.417 e. The maximum atomic E-state index is 13.0. The molecule has 2 aromatic heterocycles. The third-order valence-corrected chi connectivity index (χ3v) is 5.40. The van der Waals surface area contributed by atoms with Crippen molar-refractivity contribution in [3.8, 4) is 5.69 Å². The predicted octanol–water partition coefficient (Wildman–Crippen LogP) is 4.90. The molecule has 0 saturated heterocycles. The Kier molecular flexibility index (Phi) is 7.93. The molecule has 4 aromatic rings. The largest absolute Gasteiger partial charge is 0.448 e. The van der Waals surface area contributed by atoms with E-state index in [-0.39, 0.29) is 18.1 Å². The molecule has 15 heteroatoms. The van der Waals surface area contributed by atoms with Crippen LogP contribution < -0.4 is 21.3 Å². The lowest BCUT2D eigenvalue weighted by Gasteiger charge is -2.12. The van der Waals surface area contributed by atoms with Crippen molar-refractivity contribution < 1.29 is 27.5 Å². The van der Waals surface area contributed by atoms with Crippen molar-refractivity contribution in [2.75, 3.05) is 36.1 Å². The van der Waals surface area contributed by atoms with Crippen LogP contribution in [0.2, 0.25) is 5.02 Å². The van der Waals surface area contributed by atoms with Gasteiger partial charge in [0.25, 0.3) is 0 Å². The molecule has 2 heterocycles. The van der Waals surface area contributed by atoms with E-state index in [1.807, 2.05) is 0 Å². The van der Waals surface area contributed by atoms with Crippen molar-refractivity contribution >= 4 is 52.1 Å². The lowest BCUT2D eigenvalue weighted by molar-refractivity contribution is -0.137. The fourth-order valence-electron chi connectivity index (χ4n) is 3.31. The Labute approximate surface area is 218 Å². The Balaban J connectivity index is 1.44. The van der Waals surface area contributed by atoms with E-state index in [0.717, 1.165) is 12.1 Å². The number of amides is 3. The topological polar surface area (TPSA) is 135 Å². The molecule has 0 aliphatic rings. The molecule has 0 atom stereocenters. The maximum absolute atomic E-state index is 13.0. The molecule has 2 aromatic carbocycles. The molecular formula is C23H20ClF3N8O3. The van der Waals surface area contributed by atoms with Crippen molar-refractivity contribution in [3.05, 3.63) is 65.7 Å². The van der Waals surface area contributed by atoms with Crippen LogP contribution in [0, 0.1) is 0 Å². The van der Waals surface area contributed by atoms with Crippen molar-refractivity contribution in [1.29, 1.82) is 0 Å². The predicted molar refractivity (Wildman–Crippen MR) is 135 cm³/mol. The number of hydrogen-bond acceptors (Lipinski definition) is 7. The Hall–Kier alpha value is -4.43. The summed E-state index contributed by atoms with van der Waals surface area (Å²) in [6.07, 6.45) is -2.58. The molecule has 4 N–H and O–H groups in total. The number of alkyl halides is 3. The lowest BCUT2D eigenvalue weighted by atomic mass is 10.2. The third-order valence-electron chi connectivity index (χ3n) is 5.07. The van der Waals surface area contributed by atoms with Gasteiger partial charge >= 0.3 is 18.3 Å². The zero-order valence-electron chi connectivity index (χ0n) is 19.6. The number of ether oxygens (including phenoxy) is 1. The van der Waals surface area contributed by atoms with E-state index in [4.69, 9.17) is 16.3 Å². The summed E-state index contributed by atoms with van der Waals surface area (Å²) in [6, 6.07) is 8.84. The second kappa shape index (κ2) is 11.3. The normalized spacial score (nSPS) is 11.3. The van der Waals surface area contributed by atoms with Gasteiger partial charge in [0.2, 0.25) is 0 Å². The number of carbonyl (C=O) groups is 2. The molecule has 4 rings (SSSR count). The molecule has 0 radical (unpaired) electrons. The minimum Gasteiger partial charge on any atom is -0.448 e. The van der Waals surface area contributed by atoms with Gasteiger partial charge in [-0.05, 0) is 49.5 Å². The first-order chi connectivity index (χ1) is 18.2. The Morgan fingerprint density at radius 1 is 1.00 bits per heavy atom. The number of fused-ring (bicyclic) bond motifs is 1. The summed E-state index contributed by atoms with van der Waals surface area (Å²) in [4.78, 5) is 36.8. The number of hydrogen-bond donors (Lipinski definition) is 4. The average molecular weight is 549 g/mol. The van der Waals surface area contributed by atoms with Crippen LogP contribution in [-0.4, -0.2) is 51.8 Å². The smallest absolute Gasteiger partial charge is 0.417 e. The second-order valence-electron chi connectivity index (χ2n) is 7.69. The Morgan fingerprint density at radius 2 is 1.71 bits per heavy atom. The van der Waals surface area contributed by atoms with Crippen LogP contribution in [-0.2, 0) is 10.9 Å². The number of imidazole rings is 1. The highest BCUT2D eigenvalue weighted by atomic mass is 35.5. The fourth-order valence-corrected chi connectivity index (χ4v) is 3.54. The number of aromatic nitrogens is 4. The van der Waals surface area contributed by atoms with Gasteiger partial charge in [0.05, 0.1) is 10.6 Å². The van der Waals surface area contributed by atoms with Gasteiger partial charge in [0.1, 0.15) is 19.3 Å². The van der Waals surface area contributed by atoms with Crippen LogP contribution in [0.15, 0.2) is 55.1 Å². The minimum atomic E-state index is -4.66. The van der Waals surface area contributed by atoms with Gasteiger partial charge < -0.3 is 20.7 Å². The summed E-state index contributed by atoms with van der Waals surface area (Å²) < 4.78 is 45.8. The number of nitrogens with zero attached hydrogens (tertiary/aromatic N) is 4. The van der Waals surface area contributed by atoms with E-state index in [2.05, 4.69) is 36.2 Å². The molecule has 0 unspecified atom stereocenters. The summed E-state index contributed by atoms with van der Waals surface area (Å²) in [7, 11) is 1.73. The SMILES string of the molecule is CNCCOC(=O)Nc1ncnc2c1ncn2-c1ccc(NC(=O)Nc2ccc(Cl)c(C(F)(F)F)c2)cc1. The molecule has 0 saturated carbocycles. The zero-order valence-corrected chi connectivity index (χ0v) is 20.4. The Morgan fingerprint density at radius 3 is 2.42 bits per heavy atom. The number of benzene rings is 2. The molecule has 3 amide bonds. The minimum absolute atomic E-state index is 0.0734. The van der Waals surface area contributed by atoms with Crippen LogP contribution >= 0.6 is 11.6 Å². The molecule has 198 valence electrons. The van der Waals surface area contributed by atoms with E-state index in [1.165, 1.54) is 18.7 Å². The van der Waals surface area contributed by atoms with Crippen LogP contribution in [0.1, 0.15) is 5.56 Å². The van der Waals surface area contributed by atoms with E-state index >= 15 is 0 Å². The second-order valence-corrected chi connectivity index (χ2v) is 8.10. The Bertz CT molecular complexity index is 1460. The molecule has 11 nitrogen and oxygen atoms in total. The number of nitrogens with one attached hydrogen (secondary N) is 4. The van der Waals surface area contributed by atoms with Gasteiger partial charge in [-0.2, -0.15) is 13.2 Å². The molecule has 0 bridgehead atoms. The third kappa shape index (κ3) is 6.27. The molecule has 0 spiro atoms. The summed E-state index contributed by atoms with van der Waals surface area (Å²) >= 11 is 5.61. The van der Waals surface area contributed by atoms with Gasteiger partial charge in [-0.3, -0.25) is 9.88 Å². The van der Waals surface area contributed by atoms with Crippen LogP contribution in [0.4, 0.5) is 40.0 Å². The number of carbonyl (C=O) groups excluding carboxylic acids is 2. The summed E-state index contributed by atoms with van der Waals surface area (Å²) in [5.41, 5.74) is 0.625. The van der Waals surface area contributed by atoms with Crippen LogP contribution in [0.5, 0.6) is 0 Å². The highest BCUT2D eigenvalue weighted by Crippen LogP contribution is 2.36. The summed E-state index contributed by atoms with van der Waals surface area (Å²) in [5.74, 6) is 0.175. The van der Waals surface area contributed by atoms with E-state index < -0.39 is 28.9 Å². The molecule has 0 aliphatic carbocycles. The van der Waals surface area contributed by atoms with Crippen molar-refractivity contribution in [2.45, 2.75) is 6.18 Å². The van der Waals surface area contributed by atoms with E-state index in [1.54, 1.807) is 35.9 Å². The van der Waals surface area contributed by atoms with Gasteiger partial charge in [-0.25, -0.2) is 24.5 Å². The number of rotatable bonds is 7. The molecule has 38 heavy (non-hydrogen) atoms. The zero-order chi connectivity index (χ0) is 27.3. The van der Waals surface area contributed by atoms with Gasteiger partial charge in [0, 0.05) is 23.6 Å². The lowest BCUT2D eigenvalue weighted by Crippen LogP contribution is -2.21. The number of anilines is 3. The van der Waals surface area contributed by atoms with Gasteiger partial charge in [-0.1, -0.05) is 11.6 Å². The first-order valence-corrected chi connectivity index (χ1v) is 11.3. The number of urea groups is 1. The number of halogens is 4. The molecule has 0 aliphatic heterocycles. The van der Waals surface area contributed by atoms with E-state index in [9.17, 15) is 22.8 Å². The highest BCUT2D eigenvalue weighted by Gasteiger charge is 2.33. The standard InChI is InChI=1S/C23H20ClF3N8O3/c1-28-8-9-38-22(37)34-19-18-20(30-11-29-19)35(12-31-18)15-5-2-13(3-6-15)32-21(36)33-14-4-7-17(24)16(10-14)23(25,26)27/h2-7,10-12,28H,8-9H2,1H3,(H2,32,33,36)(H,29,30,34,37). The summed E-state index contributed by atoms with van der Waals surface area (Å²) in [6.45, 7) is 0.672. The van der Waals surface area contributed by atoms with Crippen molar-refractivity contribution in [1.82, 2.24) is 24.8 Å². The fraction of sp³-hybridized carbons (Fsp3) is 0.174. The van der Waals surface area contributed by atoms with E-state index in [0.29, 0.717) is 29.1 Å². The first-order valence-electron chi connectivity index (χ1n) is 11.0. The molecular weight excluding hydrogens is 529 g/mol. The quantitative estimate of drug-likeness (QED) is 0.241. The van der Waals surface area contributed by atoms with Crippen LogP contribution in [0.3, 0.4) is 0 Å². The average Bonchev–Trinajstić information content (AvgIpc) is 3.30. The van der Waals surface area contributed by atoms with Gasteiger partial charge in [0.15, 0.2) is 17.0 Å². The number of likely N-dealkylation sites (N-methyl/N-ethyl adjacent to an activating group) is 1. The van der Waals surface area contributed by atoms with Gasteiger partial charge in [-0.15, -0.1) is 0 Å². The summed E-state index contributed by atoms with van der Waals surface area (Å²) in [5, 5.41) is 9.81. The monoisotopic (exact) mass is 548 g/mol. The van der Waals surface area contributed by atoms with Crippen molar-refractivity contribution in [2.24, 2.45) is 0 Å². The van der Waals surface area contributed by atoms with Crippen LogP contribution in [0.25, 0.3) is 16.9 Å².